The Bertz CT molecular complexity index is 879. The third-order valence-corrected chi connectivity index (χ3v) is 2.94. The monoisotopic (exact) mass is 284 g/mol. The second-order valence-electron chi connectivity index (χ2n) is 5.21. The lowest BCUT2D eigenvalue weighted by atomic mass is 9.48. The molecule has 2 heterocycles. The minimum absolute atomic E-state index is 0.264. The van der Waals surface area contributed by atoms with Crippen LogP contribution in [0.2, 0.25) is 0 Å². The maximum absolute atomic E-state index is 12.6. The molecular formula is C8HB9N4O2. The minimum Gasteiger partial charge on any atom is -0.345 e. The zero-order valence-corrected chi connectivity index (χ0v) is 11.9. The molecule has 0 saturated carbocycles. The second kappa shape index (κ2) is 5.11. The number of fused-ring (bicyclic) bond motifs is 1. The Labute approximate surface area is 143 Å². The first-order chi connectivity index (χ1) is 10.2. The largest absolute Gasteiger partial charge is 0.345 e. The van der Waals surface area contributed by atoms with Gasteiger partial charge in [0.25, 0.3) is 5.56 Å². The van der Waals surface area contributed by atoms with Crippen molar-refractivity contribution in [2.75, 3.05) is 0 Å². The number of hydrogen-bond donors (Lipinski definition) is 0. The molecule has 0 aliphatic rings. The van der Waals surface area contributed by atoms with Crippen LogP contribution in [0.25, 0.3) is 11.2 Å². The number of aromatic nitrogens is 4. The standard InChI is InChI=1S/C8HB9N4O2/c9-6(10,11)19-1-18-3-2(19)4(22)21(8(15,16)17)5(23)20(3)7(12,13)14/h1H. The van der Waals surface area contributed by atoms with Crippen molar-refractivity contribution in [2.45, 2.75) is 15.7 Å². The van der Waals surface area contributed by atoms with Crippen LogP contribution in [0.5, 0.6) is 0 Å². The van der Waals surface area contributed by atoms with Gasteiger partial charge in [-0.15, -0.1) is 0 Å². The van der Waals surface area contributed by atoms with Crippen molar-refractivity contribution < 1.29 is 0 Å². The van der Waals surface area contributed by atoms with Crippen LogP contribution >= 0.6 is 0 Å². The van der Waals surface area contributed by atoms with E-state index < -0.39 is 27.0 Å². The maximum atomic E-state index is 12.6. The maximum Gasteiger partial charge on any atom is 0.329 e. The Hall–Kier alpha value is -1.27. The van der Waals surface area contributed by atoms with E-state index in [2.05, 4.69) is 4.98 Å². The van der Waals surface area contributed by atoms with Gasteiger partial charge in [-0.3, -0.25) is 13.9 Å². The highest BCUT2D eigenvalue weighted by Crippen LogP contribution is 2.15. The van der Waals surface area contributed by atoms with E-state index in [1.54, 1.807) is 0 Å². The first-order valence-electron chi connectivity index (χ1n) is 6.04. The van der Waals surface area contributed by atoms with Gasteiger partial charge >= 0.3 is 5.69 Å². The average Bonchev–Trinajstić information content (AvgIpc) is 2.68. The summed E-state index contributed by atoms with van der Waals surface area (Å²) >= 11 is 0. The van der Waals surface area contributed by atoms with E-state index in [1.807, 2.05) is 0 Å². The summed E-state index contributed by atoms with van der Waals surface area (Å²) in [4.78, 5) is 28.8. The van der Waals surface area contributed by atoms with Crippen molar-refractivity contribution in [1.29, 1.82) is 0 Å². The van der Waals surface area contributed by atoms with E-state index in [0.717, 1.165) is 10.9 Å². The smallest absolute Gasteiger partial charge is 0.329 e. The Morgan fingerprint density at radius 2 is 1.26 bits per heavy atom. The van der Waals surface area contributed by atoms with E-state index in [-0.39, 0.29) is 15.7 Å². The molecule has 2 aromatic rings. The van der Waals surface area contributed by atoms with E-state index in [4.69, 9.17) is 70.6 Å². The lowest BCUT2D eigenvalue weighted by molar-refractivity contribution is 0.611. The molecule has 0 saturated heterocycles. The zero-order chi connectivity index (χ0) is 18.0. The summed E-state index contributed by atoms with van der Waals surface area (Å²) in [5.74, 6) is 0. The molecule has 18 radical (unpaired) electrons. The lowest BCUT2D eigenvalue weighted by Gasteiger charge is -2.31. The number of rotatable bonds is 3. The van der Waals surface area contributed by atoms with Gasteiger partial charge in [-0.05, 0) is 0 Å². The molecule has 2 aromatic heterocycles. The van der Waals surface area contributed by atoms with Crippen LogP contribution in [0.1, 0.15) is 0 Å². The molecule has 23 heavy (non-hydrogen) atoms. The van der Waals surface area contributed by atoms with Crippen LogP contribution in [0, 0.1) is 0 Å². The van der Waals surface area contributed by atoms with E-state index in [0.29, 0.717) is 4.57 Å². The van der Waals surface area contributed by atoms with Gasteiger partial charge in [0.05, 0.1) is 76.9 Å². The highest BCUT2D eigenvalue weighted by Gasteiger charge is 2.29. The highest BCUT2D eigenvalue weighted by atomic mass is 16.2. The normalized spacial score (nSPS) is 13.4. The molecule has 0 bridgehead atoms. The van der Waals surface area contributed by atoms with Crippen molar-refractivity contribution in [3.8, 4) is 0 Å². The molecule has 0 amide bonds. The lowest BCUT2D eigenvalue weighted by Crippen LogP contribution is -2.57. The van der Waals surface area contributed by atoms with Crippen LogP contribution < -0.4 is 11.2 Å². The molecule has 0 spiro atoms. The molecule has 0 aliphatic carbocycles. The van der Waals surface area contributed by atoms with Crippen molar-refractivity contribution in [2.24, 2.45) is 0 Å². The number of nitrogens with zero attached hydrogens (tertiary/aromatic N) is 4. The van der Waals surface area contributed by atoms with E-state index in [9.17, 15) is 9.59 Å². The van der Waals surface area contributed by atoms with Gasteiger partial charge in [-0.1, -0.05) is 15.7 Å². The molecule has 92 valence electrons. The molecule has 2 rings (SSSR count). The zero-order valence-electron chi connectivity index (χ0n) is 11.9. The molecule has 0 unspecified atom stereocenters. The third-order valence-electron chi connectivity index (χ3n) is 2.94. The van der Waals surface area contributed by atoms with Gasteiger partial charge < -0.3 is 4.57 Å². The summed E-state index contributed by atoms with van der Waals surface area (Å²) in [7, 11) is 49.6. The average molecular weight is 282 g/mol. The van der Waals surface area contributed by atoms with Crippen molar-refractivity contribution in [1.82, 2.24) is 18.7 Å². The molecular weight excluding hydrogens is 281 g/mol. The summed E-state index contributed by atoms with van der Waals surface area (Å²) in [6.45, 7) is 0. The summed E-state index contributed by atoms with van der Waals surface area (Å²) in [5, 5.41) is -6.71. The molecule has 0 aromatic carbocycles. The van der Waals surface area contributed by atoms with Crippen molar-refractivity contribution in [3.63, 3.8) is 0 Å². The SMILES string of the molecule is [B]C([B])([B])n1c(=O)c2c(ncn2C([B])([B])[B])n(C([B])([B])[B])c1=O. The predicted molar refractivity (Wildman–Crippen MR) is 94.0 cm³/mol. The van der Waals surface area contributed by atoms with Crippen LogP contribution in [-0.4, -0.2) is 89.3 Å². The third kappa shape index (κ3) is 2.94. The van der Waals surface area contributed by atoms with Gasteiger partial charge in [0.1, 0.15) is 0 Å². The van der Waals surface area contributed by atoms with E-state index >= 15 is 0 Å². The van der Waals surface area contributed by atoms with Crippen LogP contribution in [0.15, 0.2) is 15.9 Å². The van der Waals surface area contributed by atoms with Gasteiger partial charge in [-0.2, -0.15) is 0 Å². The summed E-state index contributed by atoms with van der Waals surface area (Å²) in [6, 6.07) is 0. The predicted octanol–water partition coefficient (Wildman–Crippen LogP) is -5.42. The first-order valence-corrected chi connectivity index (χ1v) is 6.04. The Balaban J connectivity index is 3.18. The molecule has 15 heteroatoms. The molecule has 0 N–H and O–H groups in total. The second-order valence-corrected chi connectivity index (χ2v) is 5.21. The van der Waals surface area contributed by atoms with Crippen molar-refractivity contribution >= 4 is 81.8 Å². The van der Waals surface area contributed by atoms with Crippen LogP contribution in [0.3, 0.4) is 0 Å². The summed E-state index contributed by atoms with van der Waals surface area (Å²) in [6.07, 6.45) is 0.989. The summed E-state index contributed by atoms with van der Waals surface area (Å²) in [5.41, 5.74) is -2.97. The van der Waals surface area contributed by atoms with Gasteiger partial charge in [0.15, 0.2) is 11.2 Å². The fourth-order valence-electron chi connectivity index (χ4n) is 2.07. The van der Waals surface area contributed by atoms with Gasteiger partial charge in [-0.25, -0.2) is 9.78 Å². The molecule has 0 atom stereocenters. The number of hydrogen-bond acceptors (Lipinski definition) is 3. The quantitative estimate of drug-likeness (QED) is 0.528. The Kier molecular flexibility index (Phi) is 4.02. The fraction of sp³-hybridized carbons (Fsp3) is 0.375. The minimum atomic E-state index is -2.40. The Morgan fingerprint density at radius 3 is 1.65 bits per heavy atom. The van der Waals surface area contributed by atoms with E-state index in [1.165, 1.54) is 0 Å². The van der Waals surface area contributed by atoms with Crippen LogP contribution in [0.4, 0.5) is 0 Å². The summed E-state index contributed by atoms with van der Waals surface area (Å²) < 4.78 is 1.67. The molecule has 0 fully saturated rings. The first kappa shape index (κ1) is 18.1. The van der Waals surface area contributed by atoms with Crippen molar-refractivity contribution in [3.05, 3.63) is 27.2 Å². The topological polar surface area (TPSA) is 61.8 Å². The highest BCUT2D eigenvalue weighted by molar-refractivity contribution is 6.58. The van der Waals surface area contributed by atoms with Gasteiger partial charge in [0.2, 0.25) is 0 Å². The molecule has 0 aliphatic heterocycles. The number of imidazole rings is 1. The van der Waals surface area contributed by atoms with Crippen LogP contribution in [-0.2, 0) is 15.7 Å². The van der Waals surface area contributed by atoms with Gasteiger partial charge in [0, 0.05) is 0 Å². The molecule has 6 nitrogen and oxygen atoms in total. The fourth-order valence-corrected chi connectivity index (χ4v) is 2.07. The Morgan fingerprint density at radius 1 is 0.783 bits per heavy atom.